The average Bonchev–Trinajstić information content (AvgIpc) is 2.95. The first kappa shape index (κ1) is 17.3. The van der Waals surface area contributed by atoms with E-state index in [1.54, 1.807) is 0 Å². The Hall–Kier alpha value is -1.54. The first-order chi connectivity index (χ1) is 11.3. The van der Waals surface area contributed by atoms with E-state index in [1.165, 1.54) is 0 Å². The third kappa shape index (κ3) is 2.93. The Balaban J connectivity index is 1.97. The van der Waals surface area contributed by atoms with Gasteiger partial charge in [0.2, 0.25) is 10.0 Å². The number of sulfonamides is 1. The van der Waals surface area contributed by atoms with Gasteiger partial charge in [-0.2, -0.15) is 4.31 Å². The summed E-state index contributed by atoms with van der Waals surface area (Å²) in [7, 11) is -4.04. The number of carbonyl (C=O) groups is 1. The molecule has 0 spiro atoms. The van der Waals surface area contributed by atoms with Gasteiger partial charge in [0.25, 0.3) is 6.43 Å². The zero-order valence-corrected chi connectivity index (χ0v) is 13.8. The second-order valence-electron chi connectivity index (χ2n) is 6.41. The molecule has 132 valence electrons. The van der Waals surface area contributed by atoms with Crippen molar-refractivity contribution in [2.75, 3.05) is 0 Å². The Labute approximate surface area is 139 Å². The highest BCUT2D eigenvalue weighted by Gasteiger charge is 2.51. The van der Waals surface area contributed by atoms with Gasteiger partial charge in [-0.1, -0.05) is 25.0 Å². The fourth-order valence-corrected chi connectivity index (χ4v) is 5.75. The summed E-state index contributed by atoms with van der Waals surface area (Å²) in [6.45, 7) is 0. The van der Waals surface area contributed by atoms with Crippen LogP contribution in [0.2, 0.25) is 0 Å². The summed E-state index contributed by atoms with van der Waals surface area (Å²) in [5.74, 6) is -1.10. The molecule has 5 nitrogen and oxygen atoms in total. The molecule has 0 bridgehead atoms. The van der Waals surface area contributed by atoms with Crippen LogP contribution in [0.15, 0.2) is 29.2 Å². The van der Waals surface area contributed by atoms with Crippen LogP contribution in [0.3, 0.4) is 0 Å². The maximum atomic E-state index is 13.0. The highest BCUT2D eigenvalue weighted by molar-refractivity contribution is 7.89. The maximum Gasteiger partial charge on any atom is 0.322 e. The van der Waals surface area contributed by atoms with E-state index in [0.29, 0.717) is 12.8 Å². The molecule has 1 aromatic carbocycles. The number of nitrogens with zero attached hydrogens (tertiary/aromatic N) is 1. The van der Waals surface area contributed by atoms with Crippen LogP contribution < -0.4 is 0 Å². The predicted molar refractivity (Wildman–Crippen MR) is 82.2 cm³/mol. The lowest BCUT2D eigenvalue weighted by Crippen LogP contribution is -2.46. The minimum atomic E-state index is -4.04. The van der Waals surface area contributed by atoms with E-state index in [4.69, 9.17) is 0 Å². The molecule has 2 fully saturated rings. The van der Waals surface area contributed by atoms with Gasteiger partial charge in [0, 0.05) is 11.6 Å². The molecule has 1 aliphatic heterocycles. The summed E-state index contributed by atoms with van der Waals surface area (Å²) in [5.41, 5.74) is -0.263. The normalized spacial score (nSPS) is 28.0. The van der Waals surface area contributed by atoms with Gasteiger partial charge in [0.1, 0.15) is 6.04 Å². The van der Waals surface area contributed by atoms with Gasteiger partial charge in [-0.3, -0.25) is 4.79 Å². The van der Waals surface area contributed by atoms with Crippen LogP contribution in [0, 0.1) is 5.92 Å². The molecule has 3 rings (SSSR count). The van der Waals surface area contributed by atoms with Crippen LogP contribution in [-0.4, -0.2) is 35.9 Å². The number of fused-ring (bicyclic) bond motifs is 1. The van der Waals surface area contributed by atoms with Gasteiger partial charge in [0.05, 0.1) is 4.90 Å². The van der Waals surface area contributed by atoms with E-state index in [-0.39, 0.29) is 22.4 Å². The average molecular weight is 359 g/mol. The molecule has 3 atom stereocenters. The lowest BCUT2D eigenvalue weighted by Gasteiger charge is -2.32. The van der Waals surface area contributed by atoms with Crippen molar-refractivity contribution >= 4 is 16.0 Å². The number of carboxylic acid groups (broad SMARTS) is 1. The molecular weight excluding hydrogens is 340 g/mol. The fraction of sp³-hybridized carbons (Fsp3) is 0.562. The summed E-state index contributed by atoms with van der Waals surface area (Å²) in [6, 6.07) is 3.00. The quantitative estimate of drug-likeness (QED) is 0.897. The molecule has 1 heterocycles. The lowest BCUT2D eigenvalue weighted by molar-refractivity contribution is -0.141. The number of alkyl halides is 2. The number of hydrogen-bond acceptors (Lipinski definition) is 3. The molecule has 8 heteroatoms. The zero-order valence-electron chi connectivity index (χ0n) is 12.9. The number of aliphatic carboxylic acids is 1. The monoisotopic (exact) mass is 359 g/mol. The molecule has 2 aliphatic rings. The maximum absolute atomic E-state index is 13.0. The smallest absolute Gasteiger partial charge is 0.322 e. The van der Waals surface area contributed by atoms with Crippen molar-refractivity contribution in [1.82, 2.24) is 4.31 Å². The molecular formula is C16H19F2NO4S. The highest BCUT2D eigenvalue weighted by atomic mass is 32.2. The second-order valence-corrected chi connectivity index (χ2v) is 8.25. The summed E-state index contributed by atoms with van der Waals surface area (Å²) >= 11 is 0. The minimum absolute atomic E-state index is 0.0509. The topological polar surface area (TPSA) is 74.7 Å². The van der Waals surface area contributed by atoms with Gasteiger partial charge in [-0.15, -0.1) is 0 Å². The molecule has 0 radical (unpaired) electrons. The number of hydrogen-bond donors (Lipinski definition) is 1. The van der Waals surface area contributed by atoms with Crippen LogP contribution in [-0.2, 0) is 14.8 Å². The van der Waals surface area contributed by atoms with Crippen molar-refractivity contribution in [3.05, 3.63) is 29.8 Å². The summed E-state index contributed by atoms with van der Waals surface area (Å²) in [4.78, 5) is 11.4. The number of benzene rings is 1. The summed E-state index contributed by atoms with van der Waals surface area (Å²) < 4.78 is 52.3. The predicted octanol–water partition coefficient (Wildman–Crippen LogP) is 3.03. The Kier molecular flexibility index (Phi) is 4.61. The fourth-order valence-electron chi connectivity index (χ4n) is 3.88. The molecule has 1 saturated heterocycles. The van der Waals surface area contributed by atoms with Crippen LogP contribution in [0.1, 0.15) is 44.1 Å². The van der Waals surface area contributed by atoms with Crippen molar-refractivity contribution in [3.63, 3.8) is 0 Å². The molecule has 24 heavy (non-hydrogen) atoms. The molecule has 0 aromatic heterocycles. The third-order valence-electron chi connectivity index (χ3n) is 5.02. The van der Waals surface area contributed by atoms with Gasteiger partial charge < -0.3 is 5.11 Å². The van der Waals surface area contributed by atoms with Gasteiger partial charge in [-0.25, -0.2) is 17.2 Å². The minimum Gasteiger partial charge on any atom is -0.480 e. The first-order valence-electron chi connectivity index (χ1n) is 7.97. The number of carboxylic acids is 1. The second kappa shape index (κ2) is 6.40. The van der Waals surface area contributed by atoms with Gasteiger partial charge >= 0.3 is 5.97 Å². The van der Waals surface area contributed by atoms with Crippen LogP contribution in [0.4, 0.5) is 8.78 Å². The van der Waals surface area contributed by atoms with E-state index in [0.717, 1.165) is 47.8 Å². The SMILES string of the molecule is O=C(O)C1CC2CCCCC2N1S(=O)(=O)c1ccc(C(F)F)cc1. The van der Waals surface area contributed by atoms with E-state index < -0.39 is 28.5 Å². The number of halogens is 2. The van der Waals surface area contributed by atoms with Crippen molar-refractivity contribution < 1.29 is 27.1 Å². The highest BCUT2D eigenvalue weighted by Crippen LogP contribution is 2.42. The van der Waals surface area contributed by atoms with Crippen molar-refractivity contribution in [3.8, 4) is 0 Å². The summed E-state index contributed by atoms with van der Waals surface area (Å²) in [6.07, 6.45) is 0.944. The molecule has 0 amide bonds. The molecule has 3 unspecified atom stereocenters. The Morgan fingerprint density at radius 3 is 2.38 bits per heavy atom. The van der Waals surface area contributed by atoms with Crippen LogP contribution in [0.5, 0.6) is 0 Å². The van der Waals surface area contributed by atoms with Crippen molar-refractivity contribution in [2.24, 2.45) is 5.92 Å². The molecule has 1 aromatic rings. The third-order valence-corrected chi connectivity index (χ3v) is 6.97. The molecule has 1 aliphatic carbocycles. The van der Waals surface area contributed by atoms with Crippen LogP contribution >= 0.6 is 0 Å². The Morgan fingerprint density at radius 1 is 1.17 bits per heavy atom. The van der Waals surface area contributed by atoms with Crippen molar-refractivity contribution in [1.29, 1.82) is 0 Å². The Bertz CT molecular complexity index is 720. The molecule has 1 saturated carbocycles. The van der Waals surface area contributed by atoms with E-state index in [9.17, 15) is 27.1 Å². The zero-order chi connectivity index (χ0) is 17.5. The van der Waals surface area contributed by atoms with E-state index in [2.05, 4.69) is 0 Å². The van der Waals surface area contributed by atoms with E-state index >= 15 is 0 Å². The summed E-state index contributed by atoms with van der Waals surface area (Å²) in [5, 5.41) is 9.45. The molecule has 1 N–H and O–H groups in total. The number of rotatable bonds is 4. The standard InChI is InChI=1S/C16H19F2NO4S/c17-15(18)10-5-7-12(8-6-10)24(22,23)19-13-4-2-1-3-11(13)9-14(19)16(20)21/h5-8,11,13-15H,1-4,9H2,(H,20,21). The first-order valence-corrected chi connectivity index (χ1v) is 9.41. The van der Waals surface area contributed by atoms with E-state index in [1.807, 2.05) is 0 Å². The largest absolute Gasteiger partial charge is 0.480 e. The van der Waals surface area contributed by atoms with Crippen molar-refractivity contribution in [2.45, 2.75) is 55.5 Å². The Morgan fingerprint density at radius 2 is 1.79 bits per heavy atom. The lowest BCUT2D eigenvalue weighted by atomic mass is 9.85. The van der Waals surface area contributed by atoms with Gasteiger partial charge in [0.15, 0.2) is 0 Å². The van der Waals surface area contributed by atoms with Crippen LogP contribution in [0.25, 0.3) is 0 Å². The van der Waals surface area contributed by atoms with Gasteiger partial charge in [-0.05, 0) is 37.3 Å².